The fourth-order valence-corrected chi connectivity index (χ4v) is 1.99. The SMILES string of the molecule is CC(C)(C)OC(=O)Oc1ccc(-c2ccc(Br)cc2)cc1. The molecule has 0 bridgehead atoms. The minimum atomic E-state index is -0.695. The van der Waals surface area contributed by atoms with Crippen LogP contribution in [0.15, 0.2) is 53.0 Å². The number of hydrogen-bond donors (Lipinski definition) is 0. The summed E-state index contributed by atoms with van der Waals surface area (Å²) in [6, 6.07) is 15.3. The Labute approximate surface area is 133 Å². The molecular weight excluding hydrogens is 332 g/mol. The Kier molecular flexibility index (Phi) is 4.68. The van der Waals surface area contributed by atoms with E-state index < -0.39 is 11.8 Å². The van der Waals surface area contributed by atoms with E-state index in [1.165, 1.54) is 0 Å². The maximum absolute atomic E-state index is 11.6. The van der Waals surface area contributed by atoms with E-state index in [1.54, 1.807) is 32.9 Å². The van der Waals surface area contributed by atoms with E-state index in [4.69, 9.17) is 9.47 Å². The molecule has 110 valence electrons. The van der Waals surface area contributed by atoms with Gasteiger partial charge >= 0.3 is 6.16 Å². The van der Waals surface area contributed by atoms with E-state index in [0.29, 0.717) is 5.75 Å². The third-order valence-electron chi connectivity index (χ3n) is 2.62. The van der Waals surface area contributed by atoms with Crippen molar-refractivity contribution in [3.05, 3.63) is 53.0 Å². The van der Waals surface area contributed by atoms with Crippen LogP contribution in [0.4, 0.5) is 4.79 Å². The first-order chi connectivity index (χ1) is 9.83. The lowest BCUT2D eigenvalue weighted by atomic mass is 10.1. The molecule has 3 nitrogen and oxygen atoms in total. The van der Waals surface area contributed by atoms with Gasteiger partial charge in [0.25, 0.3) is 0 Å². The topological polar surface area (TPSA) is 35.5 Å². The first-order valence-electron chi connectivity index (χ1n) is 6.60. The van der Waals surface area contributed by atoms with Crippen LogP contribution >= 0.6 is 15.9 Å². The molecule has 0 saturated carbocycles. The second kappa shape index (κ2) is 6.31. The molecule has 0 aromatic heterocycles. The maximum atomic E-state index is 11.6. The number of halogens is 1. The first-order valence-corrected chi connectivity index (χ1v) is 7.40. The predicted molar refractivity (Wildman–Crippen MR) is 86.4 cm³/mol. The lowest BCUT2D eigenvalue weighted by molar-refractivity contribution is 0.0206. The van der Waals surface area contributed by atoms with Gasteiger partial charge in [-0.2, -0.15) is 0 Å². The molecule has 0 radical (unpaired) electrons. The average Bonchev–Trinajstić information content (AvgIpc) is 2.38. The highest BCUT2D eigenvalue weighted by molar-refractivity contribution is 9.10. The van der Waals surface area contributed by atoms with Crippen LogP contribution < -0.4 is 4.74 Å². The largest absolute Gasteiger partial charge is 0.514 e. The number of benzene rings is 2. The fourth-order valence-electron chi connectivity index (χ4n) is 1.72. The third kappa shape index (κ3) is 4.90. The van der Waals surface area contributed by atoms with Crippen LogP contribution in [0.5, 0.6) is 5.75 Å². The van der Waals surface area contributed by atoms with Gasteiger partial charge in [0.15, 0.2) is 0 Å². The van der Waals surface area contributed by atoms with Crippen LogP contribution in [-0.2, 0) is 4.74 Å². The summed E-state index contributed by atoms with van der Waals surface area (Å²) in [6.45, 7) is 5.39. The molecule has 2 rings (SSSR count). The van der Waals surface area contributed by atoms with E-state index in [1.807, 2.05) is 36.4 Å². The molecule has 0 amide bonds. The summed E-state index contributed by atoms with van der Waals surface area (Å²) in [5.74, 6) is 0.463. The zero-order valence-electron chi connectivity index (χ0n) is 12.2. The molecule has 0 fully saturated rings. The Balaban J connectivity index is 2.05. The Morgan fingerprint density at radius 2 is 1.38 bits per heavy atom. The van der Waals surface area contributed by atoms with Crippen molar-refractivity contribution >= 4 is 22.1 Å². The van der Waals surface area contributed by atoms with Gasteiger partial charge in [0.2, 0.25) is 0 Å². The van der Waals surface area contributed by atoms with Gasteiger partial charge in [0.05, 0.1) is 0 Å². The molecule has 0 spiro atoms. The predicted octanol–water partition coefficient (Wildman–Crippen LogP) is 5.43. The van der Waals surface area contributed by atoms with Crippen LogP contribution in [0.3, 0.4) is 0 Å². The summed E-state index contributed by atoms with van der Waals surface area (Å²) in [7, 11) is 0. The minimum absolute atomic E-state index is 0.463. The summed E-state index contributed by atoms with van der Waals surface area (Å²) in [5.41, 5.74) is 1.59. The van der Waals surface area contributed by atoms with Crippen LogP contribution in [0, 0.1) is 0 Å². The van der Waals surface area contributed by atoms with Crippen molar-refractivity contribution in [2.45, 2.75) is 26.4 Å². The molecule has 0 unspecified atom stereocenters. The van der Waals surface area contributed by atoms with Gasteiger partial charge in [-0.1, -0.05) is 40.2 Å². The van der Waals surface area contributed by atoms with Gasteiger partial charge < -0.3 is 9.47 Å². The second-order valence-electron chi connectivity index (χ2n) is 5.60. The molecule has 21 heavy (non-hydrogen) atoms. The summed E-state index contributed by atoms with van der Waals surface area (Å²) < 4.78 is 11.3. The third-order valence-corrected chi connectivity index (χ3v) is 3.15. The Hall–Kier alpha value is -1.81. The van der Waals surface area contributed by atoms with Gasteiger partial charge in [0, 0.05) is 4.47 Å². The zero-order valence-corrected chi connectivity index (χ0v) is 13.8. The average molecular weight is 349 g/mol. The molecule has 0 aliphatic heterocycles. The van der Waals surface area contributed by atoms with Crippen molar-refractivity contribution in [1.29, 1.82) is 0 Å². The van der Waals surface area contributed by atoms with E-state index in [9.17, 15) is 4.79 Å². The fraction of sp³-hybridized carbons (Fsp3) is 0.235. The van der Waals surface area contributed by atoms with Gasteiger partial charge in [0.1, 0.15) is 11.4 Å². The molecule has 2 aromatic rings. The molecule has 0 heterocycles. The monoisotopic (exact) mass is 348 g/mol. The maximum Gasteiger partial charge on any atom is 0.514 e. The van der Waals surface area contributed by atoms with Gasteiger partial charge in [-0.05, 0) is 56.2 Å². The first kappa shape index (κ1) is 15.6. The molecule has 0 atom stereocenters. The van der Waals surface area contributed by atoms with Crippen molar-refractivity contribution in [1.82, 2.24) is 0 Å². The molecule has 0 N–H and O–H groups in total. The van der Waals surface area contributed by atoms with Gasteiger partial charge in [-0.25, -0.2) is 4.79 Å². The van der Waals surface area contributed by atoms with Crippen molar-refractivity contribution in [2.24, 2.45) is 0 Å². The number of ether oxygens (including phenoxy) is 2. The Bertz CT molecular complexity index is 610. The summed E-state index contributed by atoms with van der Waals surface area (Å²) >= 11 is 3.41. The lowest BCUT2D eigenvalue weighted by Crippen LogP contribution is -2.25. The summed E-state index contributed by atoms with van der Waals surface area (Å²) in [5, 5.41) is 0. The van der Waals surface area contributed by atoms with Crippen molar-refractivity contribution in [3.8, 4) is 16.9 Å². The normalized spacial score (nSPS) is 11.0. The van der Waals surface area contributed by atoms with Crippen molar-refractivity contribution in [2.75, 3.05) is 0 Å². The highest BCUT2D eigenvalue weighted by Crippen LogP contribution is 2.24. The van der Waals surface area contributed by atoms with E-state index in [0.717, 1.165) is 15.6 Å². The lowest BCUT2D eigenvalue weighted by Gasteiger charge is -2.18. The Morgan fingerprint density at radius 1 is 0.905 bits per heavy atom. The van der Waals surface area contributed by atoms with Crippen LogP contribution in [0.25, 0.3) is 11.1 Å². The smallest absolute Gasteiger partial charge is 0.428 e. The number of carbonyl (C=O) groups excluding carboxylic acids is 1. The van der Waals surface area contributed by atoms with E-state index >= 15 is 0 Å². The zero-order chi connectivity index (χ0) is 15.5. The van der Waals surface area contributed by atoms with E-state index in [2.05, 4.69) is 15.9 Å². The molecule has 0 saturated heterocycles. The molecule has 2 aromatic carbocycles. The highest BCUT2D eigenvalue weighted by Gasteiger charge is 2.17. The number of rotatable bonds is 2. The minimum Gasteiger partial charge on any atom is -0.428 e. The van der Waals surface area contributed by atoms with Gasteiger partial charge in [-0.3, -0.25) is 0 Å². The van der Waals surface area contributed by atoms with Crippen LogP contribution in [0.1, 0.15) is 20.8 Å². The molecule has 0 aliphatic carbocycles. The summed E-state index contributed by atoms with van der Waals surface area (Å²) in [4.78, 5) is 11.6. The van der Waals surface area contributed by atoms with Crippen LogP contribution in [-0.4, -0.2) is 11.8 Å². The number of hydrogen-bond acceptors (Lipinski definition) is 3. The number of carbonyl (C=O) groups is 1. The highest BCUT2D eigenvalue weighted by atomic mass is 79.9. The molecular formula is C17H17BrO3. The summed E-state index contributed by atoms with van der Waals surface area (Å²) in [6.07, 6.45) is -0.695. The van der Waals surface area contributed by atoms with Crippen LogP contribution in [0.2, 0.25) is 0 Å². The molecule has 0 aliphatic rings. The Morgan fingerprint density at radius 3 is 1.86 bits per heavy atom. The molecule has 4 heteroatoms. The second-order valence-corrected chi connectivity index (χ2v) is 6.51. The van der Waals surface area contributed by atoms with Gasteiger partial charge in [-0.15, -0.1) is 0 Å². The standard InChI is InChI=1S/C17H17BrO3/c1-17(2,3)21-16(19)20-15-10-6-13(7-11-15)12-4-8-14(18)9-5-12/h4-11H,1-3H3. The van der Waals surface area contributed by atoms with Crippen molar-refractivity contribution in [3.63, 3.8) is 0 Å². The van der Waals surface area contributed by atoms with E-state index in [-0.39, 0.29) is 0 Å². The quantitative estimate of drug-likeness (QED) is 0.536. The van der Waals surface area contributed by atoms with Crippen molar-refractivity contribution < 1.29 is 14.3 Å².